The van der Waals surface area contributed by atoms with Crippen molar-refractivity contribution in [2.75, 3.05) is 0 Å². The van der Waals surface area contributed by atoms with E-state index in [2.05, 4.69) is 31.3 Å². The summed E-state index contributed by atoms with van der Waals surface area (Å²) in [7, 11) is 0. The third-order valence-electron chi connectivity index (χ3n) is 3.62. The largest absolute Gasteiger partial charge is 0.507 e. The highest BCUT2D eigenvalue weighted by Gasteiger charge is 2.44. The van der Waals surface area contributed by atoms with E-state index < -0.39 is 0 Å². The second kappa shape index (κ2) is 3.77. The number of hydrogen-bond donors (Lipinski definition) is 2. The molecule has 88 valence electrons. The summed E-state index contributed by atoms with van der Waals surface area (Å²) in [6, 6.07) is 4.78. The predicted octanol–water partition coefficient (Wildman–Crippen LogP) is 2.90. The fourth-order valence-corrected chi connectivity index (χ4v) is 2.20. The van der Waals surface area contributed by atoms with Gasteiger partial charge in [-0.15, -0.1) is 0 Å². The Bertz CT molecular complexity index is 386. The lowest BCUT2D eigenvalue weighted by Crippen LogP contribution is -2.20. The van der Waals surface area contributed by atoms with Gasteiger partial charge in [-0.25, -0.2) is 0 Å². The van der Waals surface area contributed by atoms with Gasteiger partial charge >= 0.3 is 0 Å². The molecule has 0 aliphatic heterocycles. The van der Waals surface area contributed by atoms with Crippen LogP contribution in [0.3, 0.4) is 0 Å². The number of hydrogen-bond acceptors (Lipinski definition) is 2. The van der Waals surface area contributed by atoms with E-state index in [4.69, 9.17) is 0 Å². The maximum Gasteiger partial charge on any atom is 0.121 e. The standard InChI is InChI=1S/C14H21NO/c1-9-5-11(6-10(2)13(9)16)8-15-12-7-14(12,3)4/h5-6,12,15-16H,7-8H2,1-4H3. The Labute approximate surface area is 97.7 Å². The molecule has 1 aliphatic rings. The van der Waals surface area contributed by atoms with Gasteiger partial charge in [0, 0.05) is 12.6 Å². The zero-order valence-electron chi connectivity index (χ0n) is 10.6. The van der Waals surface area contributed by atoms with E-state index >= 15 is 0 Å². The second-order valence-corrected chi connectivity index (χ2v) is 5.70. The first kappa shape index (κ1) is 11.5. The summed E-state index contributed by atoms with van der Waals surface area (Å²) in [5.74, 6) is 0.426. The van der Waals surface area contributed by atoms with Gasteiger partial charge in [0.1, 0.15) is 5.75 Å². The normalized spacial score (nSPS) is 22.1. The van der Waals surface area contributed by atoms with Crippen molar-refractivity contribution in [2.24, 2.45) is 5.41 Å². The van der Waals surface area contributed by atoms with E-state index in [1.54, 1.807) is 0 Å². The van der Waals surface area contributed by atoms with Gasteiger partial charge in [0.15, 0.2) is 0 Å². The van der Waals surface area contributed by atoms with Gasteiger partial charge in [-0.3, -0.25) is 0 Å². The fraction of sp³-hybridized carbons (Fsp3) is 0.571. The number of phenolic OH excluding ortho intramolecular Hbond substituents is 1. The highest BCUT2D eigenvalue weighted by molar-refractivity contribution is 5.42. The van der Waals surface area contributed by atoms with Gasteiger partial charge in [-0.05, 0) is 42.4 Å². The summed E-state index contributed by atoms with van der Waals surface area (Å²) in [5, 5.41) is 13.2. The average Bonchev–Trinajstić information content (AvgIpc) is 2.80. The summed E-state index contributed by atoms with van der Waals surface area (Å²) in [6.07, 6.45) is 1.27. The van der Waals surface area contributed by atoms with Crippen LogP contribution in [0.25, 0.3) is 0 Å². The molecule has 16 heavy (non-hydrogen) atoms. The average molecular weight is 219 g/mol. The van der Waals surface area contributed by atoms with Crippen molar-refractivity contribution in [1.29, 1.82) is 0 Å². The summed E-state index contributed by atoms with van der Waals surface area (Å²) in [6.45, 7) is 9.38. The van der Waals surface area contributed by atoms with Crippen molar-refractivity contribution in [2.45, 2.75) is 46.7 Å². The number of benzene rings is 1. The molecule has 1 saturated carbocycles. The molecule has 2 N–H and O–H groups in total. The summed E-state index contributed by atoms with van der Waals surface area (Å²) in [5.41, 5.74) is 3.66. The van der Waals surface area contributed by atoms with Crippen molar-refractivity contribution >= 4 is 0 Å². The third-order valence-corrected chi connectivity index (χ3v) is 3.62. The number of nitrogens with one attached hydrogen (secondary N) is 1. The van der Waals surface area contributed by atoms with Gasteiger partial charge in [0.2, 0.25) is 0 Å². The van der Waals surface area contributed by atoms with Gasteiger partial charge in [0.05, 0.1) is 0 Å². The molecule has 1 aromatic carbocycles. The summed E-state index contributed by atoms with van der Waals surface area (Å²) in [4.78, 5) is 0. The van der Waals surface area contributed by atoms with E-state index in [1.165, 1.54) is 12.0 Å². The number of rotatable bonds is 3. The van der Waals surface area contributed by atoms with E-state index in [0.717, 1.165) is 17.7 Å². The Kier molecular flexibility index (Phi) is 2.70. The van der Waals surface area contributed by atoms with Crippen molar-refractivity contribution < 1.29 is 5.11 Å². The highest BCUT2D eigenvalue weighted by atomic mass is 16.3. The molecule has 0 spiro atoms. The van der Waals surface area contributed by atoms with Crippen molar-refractivity contribution in [3.05, 3.63) is 28.8 Å². The van der Waals surface area contributed by atoms with Crippen LogP contribution in [-0.4, -0.2) is 11.1 Å². The Morgan fingerprint density at radius 3 is 2.25 bits per heavy atom. The minimum absolute atomic E-state index is 0.426. The first-order chi connectivity index (χ1) is 7.40. The lowest BCUT2D eigenvalue weighted by atomic mass is 10.1. The molecule has 0 heterocycles. The molecule has 1 fully saturated rings. The third kappa shape index (κ3) is 2.22. The van der Waals surface area contributed by atoms with Gasteiger partial charge in [-0.1, -0.05) is 26.0 Å². The van der Waals surface area contributed by atoms with Crippen molar-refractivity contribution in [3.63, 3.8) is 0 Å². The fourth-order valence-electron chi connectivity index (χ4n) is 2.20. The molecule has 1 aromatic rings. The molecule has 0 amide bonds. The van der Waals surface area contributed by atoms with Crippen molar-refractivity contribution in [1.82, 2.24) is 5.32 Å². The maximum atomic E-state index is 9.68. The highest BCUT2D eigenvalue weighted by Crippen LogP contribution is 2.44. The number of phenols is 1. The molecule has 2 nitrogen and oxygen atoms in total. The molecule has 1 aliphatic carbocycles. The molecule has 0 aromatic heterocycles. The Morgan fingerprint density at radius 1 is 1.31 bits per heavy atom. The lowest BCUT2D eigenvalue weighted by Gasteiger charge is -2.10. The molecule has 0 saturated heterocycles. The van der Waals surface area contributed by atoms with Crippen LogP contribution in [0.2, 0.25) is 0 Å². The zero-order valence-corrected chi connectivity index (χ0v) is 10.6. The van der Waals surface area contributed by atoms with E-state index in [9.17, 15) is 5.11 Å². The molecule has 1 atom stereocenters. The monoisotopic (exact) mass is 219 g/mol. The van der Waals surface area contributed by atoms with E-state index in [1.807, 2.05) is 13.8 Å². The van der Waals surface area contributed by atoms with Crippen molar-refractivity contribution in [3.8, 4) is 5.75 Å². The molecule has 0 radical (unpaired) electrons. The Balaban J connectivity index is 2.00. The van der Waals surface area contributed by atoms with Crippen LogP contribution in [0.1, 0.15) is 37.0 Å². The SMILES string of the molecule is Cc1cc(CNC2CC2(C)C)cc(C)c1O. The van der Waals surface area contributed by atoms with Crippen LogP contribution in [0.15, 0.2) is 12.1 Å². The summed E-state index contributed by atoms with van der Waals surface area (Å²) < 4.78 is 0. The lowest BCUT2D eigenvalue weighted by molar-refractivity contribution is 0.466. The minimum Gasteiger partial charge on any atom is -0.507 e. The second-order valence-electron chi connectivity index (χ2n) is 5.70. The minimum atomic E-state index is 0.426. The molecular weight excluding hydrogens is 198 g/mol. The van der Waals surface area contributed by atoms with Gasteiger partial charge in [-0.2, -0.15) is 0 Å². The number of aryl methyl sites for hydroxylation is 2. The topological polar surface area (TPSA) is 32.3 Å². The van der Waals surface area contributed by atoms with Gasteiger partial charge in [0.25, 0.3) is 0 Å². The Hall–Kier alpha value is -1.02. The van der Waals surface area contributed by atoms with Crippen LogP contribution >= 0.6 is 0 Å². The Morgan fingerprint density at radius 2 is 1.81 bits per heavy atom. The van der Waals surface area contributed by atoms with Crippen LogP contribution in [0, 0.1) is 19.3 Å². The van der Waals surface area contributed by atoms with Crippen LogP contribution in [0.5, 0.6) is 5.75 Å². The molecular formula is C14H21NO. The maximum absolute atomic E-state index is 9.68. The number of aromatic hydroxyl groups is 1. The van der Waals surface area contributed by atoms with Crippen LogP contribution < -0.4 is 5.32 Å². The van der Waals surface area contributed by atoms with E-state index in [0.29, 0.717) is 17.2 Å². The first-order valence-corrected chi connectivity index (χ1v) is 5.92. The molecule has 2 heteroatoms. The van der Waals surface area contributed by atoms with Crippen LogP contribution in [0.4, 0.5) is 0 Å². The zero-order chi connectivity index (χ0) is 11.9. The van der Waals surface area contributed by atoms with Crippen LogP contribution in [-0.2, 0) is 6.54 Å². The smallest absolute Gasteiger partial charge is 0.121 e. The van der Waals surface area contributed by atoms with E-state index in [-0.39, 0.29) is 0 Å². The van der Waals surface area contributed by atoms with Gasteiger partial charge < -0.3 is 10.4 Å². The molecule has 0 bridgehead atoms. The quantitative estimate of drug-likeness (QED) is 0.819. The molecule has 2 rings (SSSR count). The predicted molar refractivity (Wildman–Crippen MR) is 66.6 cm³/mol. The first-order valence-electron chi connectivity index (χ1n) is 5.92. The molecule has 1 unspecified atom stereocenters. The summed E-state index contributed by atoms with van der Waals surface area (Å²) >= 11 is 0.